The summed E-state index contributed by atoms with van der Waals surface area (Å²) in [7, 11) is 4.08. The number of carbonyl (C=O) groups is 1. The standard InChI is InChI=1S/C12H27N3O/c1-5-11(2)13-9-7-12(16)14-8-6-10-15(3)4/h11,13H,5-10H2,1-4H3,(H,14,16). The molecule has 96 valence electrons. The van der Waals surface area contributed by atoms with Crippen LogP contribution in [0, 0.1) is 0 Å². The molecule has 0 saturated carbocycles. The van der Waals surface area contributed by atoms with E-state index in [-0.39, 0.29) is 5.91 Å². The predicted molar refractivity (Wildman–Crippen MR) is 68.6 cm³/mol. The molecule has 4 heteroatoms. The van der Waals surface area contributed by atoms with Gasteiger partial charge in [0.1, 0.15) is 0 Å². The van der Waals surface area contributed by atoms with E-state index in [1.165, 1.54) is 0 Å². The third kappa shape index (κ3) is 9.93. The van der Waals surface area contributed by atoms with Crippen LogP contribution in [0.15, 0.2) is 0 Å². The maximum atomic E-state index is 11.4. The highest BCUT2D eigenvalue weighted by atomic mass is 16.1. The molecule has 1 amide bonds. The Kier molecular flexibility index (Phi) is 9.24. The van der Waals surface area contributed by atoms with Gasteiger partial charge in [-0.3, -0.25) is 4.79 Å². The summed E-state index contributed by atoms with van der Waals surface area (Å²) in [5, 5.41) is 6.23. The zero-order valence-electron chi connectivity index (χ0n) is 11.2. The second-order valence-electron chi connectivity index (χ2n) is 4.52. The van der Waals surface area contributed by atoms with Crippen molar-refractivity contribution in [1.29, 1.82) is 0 Å². The lowest BCUT2D eigenvalue weighted by Gasteiger charge is -2.12. The van der Waals surface area contributed by atoms with Crippen LogP contribution >= 0.6 is 0 Å². The van der Waals surface area contributed by atoms with E-state index in [9.17, 15) is 4.79 Å². The summed E-state index contributed by atoms with van der Waals surface area (Å²) >= 11 is 0. The minimum absolute atomic E-state index is 0.148. The smallest absolute Gasteiger partial charge is 0.221 e. The molecule has 1 atom stereocenters. The predicted octanol–water partition coefficient (Wildman–Crippen LogP) is 0.833. The van der Waals surface area contributed by atoms with Crippen molar-refractivity contribution in [2.45, 2.75) is 39.2 Å². The molecule has 0 aromatic heterocycles. The van der Waals surface area contributed by atoms with E-state index in [4.69, 9.17) is 0 Å². The van der Waals surface area contributed by atoms with E-state index >= 15 is 0 Å². The molecule has 0 fully saturated rings. The Hall–Kier alpha value is -0.610. The summed E-state index contributed by atoms with van der Waals surface area (Å²) in [5.41, 5.74) is 0. The highest BCUT2D eigenvalue weighted by molar-refractivity contribution is 5.75. The van der Waals surface area contributed by atoms with Gasteiger partial charge in [-0.2, -0.15) is 0 Å². The fraction of sp³-hybridized carbons (Fsp3) is 0.917. The molecule has 2 N–H and O–H groups in total. The van der Waals surface area contributed by atoms with Crippen molar-refractivity contribution in [2.75, 3.05) is 33.7 Å². The average molecular weight is 229 g/mol. The van der Waals surface area contributed by atoms with Crippen LogP contribution < -0.4 is 10.6 Å². The lowest BCUT2D eigenvalue weighted by molar-refractivity contribution is -0.121. The minimum atomic E-state index is 0.148. The molecule has 0 aromatic rings. The van der Waals surface area contributed by atoms with Gasteiger partial charge in [-0.15, -0.1) is 0 Å². The second-order valence-corrected chi connectivity index (χ2v) is 4.52. The summed E-state index contributed by atoms with van der Waals surface area (Å²) in [6.07, 6.45) is 2.69. The van der Waals surface area contributed by atoms with Gasteiger partial charge in [0.05, 0.1) is 0 Å². The molecule has 0 spiro atoms. The molecule has 0 aliphatic carbocycles. The first kappa shape index (κ1) is 15.4. The Morgan fingerprint density at radius 2 is 2.00 bits per heavy atom. The van der Waals surface area contributed by atoms with Gasteiger partial charge >= 0.3 is 0 Å². The van der Waals surface area contributed by atoms with Crippen LogP contribution in [0.1, 0.15) is 33.1 Å². The second kappa shape index (κ2) is 9.60. The maximum absolute atomic E-state index is 11.4. The van der Waals surface area contributed by atoms with E-state index in [1.54, 1.807) is 0 Å². The van der Waals surface area contributed by atoms with Crippen LogP contribution in [-0.2, 0) is 4.79 Å². The zero-order chi connectivity index (χ0) is 12.4. The zero-order valence-corrected chi connectivity index (χ0v) is 11.2. The number of hydrogen-bond acceptors (Lipinski definition) is 3. The summed E-state index contributed by atoms with van der Waals surface area (Å²) in [5.74, 6) is 0.148. The van der Waals surface area contributed by atoms with Crippen LogP contribution in [0.5, 0.6) is 0 Å². The van der Waals surface area contributed by atoms with Crippen LogP contribution in [0.3, 0.4) is 0 Å². The van der Waals surface area contributed by atoms with E-state index < -0.39 is 0 Å². The molecule has 0 radical (unpaired) electrons. The molecule has 0 rings (SSSR count). The monoisotopic (exact) mass is 229 g/mol. The Morgan fingerprint density at radius 3 is 2.56 bits per heavy atom. The first-order valence-corrected chi connectivity index (χ1v) is 6.21. The number of hydrogen-bond donors (Lipinski definition) is 2. The Balaban J connectivity index is 3.31. The highest BCUT2D eigenvalue weighted by Crippen LogP contribution is 1.88. The highest BCUT2D eigenvalue weighted by Gasteiger charge is 2.02. The molecule has 0 aliphatic rings. The van der Waals surface area contributed by atoms with Crippen LogP contribution in [0.25, 0.3) is 0 Å². The topological polar surface area (TPSA) is 44.4 Å². The quantitative estimate of drug-likeness (QED) is 0.576. The third-order valence-electron chi connectivity index (χ3n) is 2.56. The fourth-order valence-corrected chi connectivity index (χ4v) is 1.29. The molecular formula is C12H27N3O. The summed E-state index contributed by atoms with van der Waals surface area (Å²) < 4.78 is 0. The lowest BCUT2D eigenvalue weighted by Crippen LogP contribution is -2.32. The summed E-state index contributed by atoms with van der Waals surface area (Å²) in [4.78, 5) is 13.5. The normalized spacial score (nSPS) is 12.8. The van der Waals surface area contributed by atoms with Crippen LogP contribution in [0.2, 0.25) is 0 Å². The lowest BCUT2D eigenvalue weighted by atomic mass is 10.2. The van der Waals surface area contributed by atoms with E-state index in [0.29, 0.717) is 12.5 Å². The number of amides is 1. The molecule has 0 aliphatic heterocycles. The van der Waals surface area contributed by atoms with Crippen molar-refractivity contribution in [1.82, 2.24) is 15.5 Å². The van der Waals surface area contributed by atoms with Gasteiger partial charge in [-0.25, -0.2) is 0 Å². The van der Waals surface area contributed by atoms with Crippen molar-refractivity contribution < 1.29 is 4.79 Å². The van der Waals surface area contributed by atoms with Gasteiger partial charge in [0.25, 0.3) is 0 Å². The summed E-state index contributed by atoms with van der Waals surface area (Å²) in [6.45, 7) is 6.84. The van der Waals surface area contributed by atoms with Gasteiger partial charge in [0.2, 0.25) is 5.91 Å². The van der Waals surface area contributed by atoms with Gasteiger partial charge in [-0.05, 0) is 40.4 Å². The average Bonchev–Trinajstić information content (AvgIpc) is 2.24. The Labute approximate surface area is 99.8 Å². The van der Waals surface area contributed by atoms with Gasteiger partial charge in [-0.1, -0.05) is 6.92 Å². The third-order valence-corrected chi connectivity index (χ3v) is 2.56. The Bertz CT molecular complexity index is 183. The molecule has 16 heavy (non-hydrogen) atoms. The number of rotatable bonds is 9. The molecular weight excluding hydrogens is 202 g/mol. The van der Waals surface area contributed by atoms with Gasteiger partial charge in [0, 0.05) is 25.6 Å². The van der Waals surface area contributed by atoms with Crippen molar-refractivity contribution in [2.24, 2.45) is 0 Å². The van der Waals surface area contributed by atoms with Crippen molar-refractivity contribution >= 4 is 5.91 Å². The summed E-state index contributed by atoms with van der Waals surface area (Å²) in [6, 6.07) is 0.501. The Morgan fingerprint density at radius 1 is 1.31 bits per heavy atom. The largest absolute Gasteiger partial charge is 0.356 e. The molecule has 0 saturated heterocycles. The maximum Gasteiger partial charge on any atom is 0.221 e. The minimum Gasteiger partial charge on any atom is -0.356 e. The molecule has 0 heterocycles. The van der Waals surface area contributed by atoms with Crippen molar-refractivity contribution in [3.8, 4) is 0 Å². The van der Waals surface area contributed by atoms with E-state index in [1.807, 2.05) is 14.1 Å². The molecule has 0 aromatic carbocycles. The fourth-order valence-electron chi connectivity index (χ4n) is 1.29. The number of nitrogens with zero attached hydrogens (tertiary/aromatic N) is 1. The SMILES string of the molecule is CCC(C)NCCC(=O)NCCCN(C)C. The first-order chi connectivity index (χ1) is 7.56. The number of nitrogens with one attached hydrogen (secondary N) is 2. The van der Waals surface area contributed by atoms with Crippen molar-refractivity contribution in [3.05, 3.63) is 0 Å². The van der Waals surface area contributed by atoms with Crippen LogP contribution in [-0.4, -0.2) is 50.6 Å². The van der Waals surface area contributed by atoms with Gasteiger partial charge < -0.3 is 15.5 Å². The molecule has 1 unspecified atom stereocenters. The molecule has 0 bridgehead atoms. The number of carbonyl (C=O) groups excluding carboxylic acids is 1. The van der Waals surface area contributed by atoms with Gasteiger partial charge in [0.15, 0.2) is 0 Å². The molecule has 4 nitrogen and oxygen atoms in total. The van der Waals surface area contributed by atoms with E-state index in [0.717, 1.165) is 32.5 Å². The first-order valence-electron chi connectivity index (χ1n) is 6.21. The van der Waals surface area contributed by atoms with Crippen LogP contribution in [0.4, 0.5) is 0 Å². The van der Waals surface area contributed by atoms with E-state index in [2.05, 4.69) is 29.4 Å². The van der Waals surface area contributed by atoms with Crippen molar-refractivity contribution in [3.63, 3.8) is 0 Å².